The molecule has 6 heteroatoms. The molecule has 1 aliphatic rings. The monoisotopic (exact) mass is 423 g/mol. The number of esters is 1. The minimum absolute atomic E-state index is 0.0477. The first-order valence-corrected chi connectivity index (χ1v) is 10.4. The lowest BCUT2D eigenvalue weighted by Gasteiger charge is -2.25. The number of rotatable bonds is 7. The van der Waals surface area contributed by atoms with Gasteiger partial charge in [-0.15, -0.1) is 0 Å². The van der Waals surface area contributed by atoms with Gasteiger partial charge >= 0.3 is 5.97 Å². The van der Waals surface area contributed by atoms with E-state index in [1.165, 1.54) is 19.2 Å². The number of carbonyl (C=O) groups excluding carboxylic acids is 1. The third-order valence-electron chi connectivity index (χ3n) is 6.06. The number of carbonyl (C=O) groups is 1. The highest BCUT2D eigenvalue weighted by atomic mass is 19.1. The van der Waals surface area contributed by atoms with Crippen molar-refractivity contribution in [3.05, 3.63) is 77.8 Å². The van der Waals surface area contributed by atoms with Gasteiger partial charge in [0.15, 0.2) is 0 Å². The van der Waals surface area contributed by atoms with Gasteiger partial charge in [0, 0.05) is 29.6 Å². The molecule has 31 heavy (non-hydrogen) atoms. The molecule has 1 heterocycles. The van der Waals surface area contributed by atoms with E-state index in [1.54, 1.807) is 25.5 Å². The Hall–Kier alpha value is -3.12. The van der Waals surface area contributed by atoms with Gasteiger partial charge in [-0.2, -0.15) is 0 Å². The van der Waals surface area contributed by atoms with Crippen molar-refractivity contribution < 1.29 is 23.1 Å². The molecular weight excluding hydrogens is 397 g/mol. The van der Waals surface area contributed by atoms with Gasteiger partial charge in [-0.05, 0) is 60.9 Å². The fraction of sp³-hybridized carbons (Fsp3) is 0.320. The zero-order valence-electron chi connectivity index (χ0n) is 17.6. The third-order valence-corrected chi connectivity index (χ3v) is 6.06. The Morgan fingerprint density at radius 3 is 2.61 bits per heavy atom. The average Bonchev–Trinajstić information content (AvgIpc) is 3.48. The molecule has 1 aliphatic carbocycles. The molecule has 1 fully saturated rings. The maximum Gasteiger partial charge on any atom is 0.309 e. The molecule has 0 saturated heterocycles. The summed E-state index contributed by atoms with van der Waals surface area (Å²) in [5.74, 6) is 0.705. The molecule has 0 bridgehead atoms. The number of ether oxygens (including phenoxy) is 2. The second-order valence-electron chi connectivity index (χ2n) is 7.78. The van der Waals surface area contributed by atoms with E-state index < -0.39 is 0 Å². The third kappa shape index (κ3) is 4.49. The van der Waals surface area contributed by atoms with Crippen LogP contribution in [-0.2, 0) is 16.1 Å². The number of benzene rings is 2. The summed E-state index contributed by atoms with van der Waals surface area (Å²) in [6.07, 6.45) is 3.19. The van der Waals surface area contributed by atoms with Crippen LogP contribution in [0.25, 0.3) is 11.3 Å². The van der Waals surface area contributed by atoms with Gasteiger partial charge in [-0.3, -0.25) is 4.79 Å². The summed E-state index contributed by atoms with van der Waals surface area (Å²) in [7, 11) is 3.06. The van der Waals surface area contributed by atoms with Crippen LogP contribution in [-0.4, -0.2) is 26.2 Å². The molecule has 3 aromatic rings. The lowest BCUT2D eigenvalue weighted by atomic mass is 9.86. The Bertz CT molecular complexity index is 1020. The Morgan fingerprint density at radius 1 is 1.13 bits per heavy atom. The standard InChI is InChI=1S/C25H26FNO4/c1-29-22-12-7-17(23-4-3-13-31-23)14-18(22)15-27-21-11-10-20(25(28)30-2)24(21)16-5-8-19(26)9-6-16/h3-9,12-14,20-21,24,27H,10-11,15H2,1-2H3. The summed E-state index contributed by atoms with van der Waals surface area (Å²) in [5, 5.41) is 3.61. The van der Waals surface area contributed by atoms with Gasteiger partial charge in [-0.25, -0.2) is 4.39 Å². The van der Waals surface area contributed by atoms with E-state index in [2.05, 4.69) is 5.32 Å². The zero-order valence-corrected chi connectivity index (χ0v) is 17.6. The van der Waals surface area contributed by atoms with Gasteiger partial charge in [0.05, 0.1) is 26.4 Å². The predicted octanol–water partition coefficient (Wildman–Crippen LogP) is 4.92. The van der Waals surface area contributed by atoms with Crippen LogP contribution < -0.4 is 10.1 Å². The Labute approximate surface area is 181 Å². The van der Waals surface area contributed by atoms with Crippen LogP contribution in [0.3, 0.4) is 0 Å². The first kappa shape index (κ1) is 21.1. The van der Waals surface area contributed by atoms with Crippen LogP contribution >= 0.6 is 0 Å². The molecule has 0 radical (unpaired) electrons. The predicted molar refractivity (Wildman–Crippen MR) is 115 cm³/mol. The minimum atomic E-state index is -0.291. The van der Waals surface area contributed by atoms with E-state index >= 15 is 0 Å². The van der Waals surface area contributed by atoms with Crippen molar-refractivity contribution in [2.75, 3.05) is 14.2 Å². The number of hydrogen-bond donors (Lipinski definition) is 1. The Kier molecular flexibility index (Phi) is 6.37. The highest BCUT2D eigenvalue weighted by molar-refractivity contribution is 5.74. The number of hydrogen-bond acceptors (Lipinski definition) is 5. The molecule has 3 unspecified atom stereocenters. The fourth-order valence-corrected chi connectivity index (χ4v) is 4.55. The SMILES string of the molecule is COC(=O)C1CCC(NCc2cc(-c3ccco3)ccc2OC)C1c1ccc(F)cc1. The van der Waals surface area contributed by atoms with Crippen molar-refractivity contribution >= 4 is 5.97 Å². The van der Waals surface area contributed by atoms with Gasteiger partial charge in [-0.1, -0.05) is 12.1 Å². The molecule has 1 saturated carbocycles. The van der Waals surface area contributed by atoms with Crippen LogP contribution in [0.4, 0.5) is 4.39 Å². The number of halogens is 1. The van der Waals surface area contributed by atoms with E-state index in [1.807, 2.05) is 30.3 Å². The smallest absolute Gasteiger partial charge is 0.309 e. The number of nitrogens with one attached hydrogen (secondary N) is 1. The highest BCUT2D eigenvalue weighted by Gasteiger charge is 2.41. The lowest BCUT2D eigenvalue weighted by Crippen LogP contribution is -2.34. The summed E-state index contributed by atoms with van der Waals surface area (Å²) >= 11 is 0. The molecule has 3 atom stereocenters. The van der Waals surface area contributed by atoms with Gasteiger partial charge in [0.25, 0.3) is 0 Å². The second kappa shape index (κ2) is 9.35. The molecular formula is C25H26FNO4. The normalized spacial score (nSPS) is 20.5. The van der Waals surface area contributed by atoms with Crippen LogP contribution in [0.2, 0.25) is 0 Å². The van der Waals surface area contributed by atoms with Crippen molar-refractivity contribution in [1.29, 1.82) is 0 Å². The van der Waals surface area contributed by atoms with Gasteiger partial charge in [0.2, 0.25) is 0 Å². The van der Waals surface area contributed by atoms with Crippen molar-refractivity contribution in [3.63, 3.8) is 0 Å². The van der Waals surface area contributed by atoms with E-state index in [9.17, 15) is 9.18 Å². The summed E-state index contributed by atoms with van der Waals surface area (Å²) in [6.45, 7) is 0.563. The summed E-state index contributed by atoms with van der Waals surface area (Å²) < 4.78 is 29.6. The maximum atomic E-state index is 13.5. The summed E-state index contributed by atoms with van der Waals surface area (Å²) in [4.78, 5) is 12.4. The lowest BCUT2D eigenvalue weighted by molar-refractivity contribution is -0.145. The van der Waals surface area contributed by atoms with E-state index in [0.717, 1.165) is 41.0 Å². The fourth-order valence-electron chi connectivity index (χ4n) is 4.55. The first-order chi connectivity index (χ1) is 15.1. The first-order valence-electron chi connectivity index (χ1n) is 10.4. The number of methoxy groups -OCH3 is 2. The van der Waals surface area contributed by atoms with E-state index in [4.69, 9.17) is 13.9 Å². The summed E-state index contributed by atoms with van der Waals surface area (Å²) in [5.41, 5.74) is 2.90. The molecule has 0 spiro atoms. The van der Waals surface area contributed by atoms with Crippen LogP contribution in [0.5, 0.6) is 5.75 Å². The molecule has 1 N–H and O–H groups in total. The van der Waals surface area contributed by atoms with Crippen LogP contribution in [0.1, 0.15) is 29.9 Å². The topological polar surface area (TPSA) is 60.7 Å². The Morgan fingerprint density at radius 2 is 1.94 bits per heavy atom. The van der Waals surface area contributed by atoms with Crippen molar-refractivity contribution in [1.82, 2.24) is 5.32 Å². The van der Waals surface area contributed by atoms with Crippen LogP contribution in [0.15, 0.2) is 65.3 Å². The molecule has 0 amide bonds. The molecule has 162 valence electrons. The minimum Gasteiger partial charge on any atom is -0.496 e. The maximum absolute atomic E-state index is 13.5. The Balaban J connectivity index is 1.57. The van der Waals surface area contributed by atoms with Crippen molar-refractivity contribution in [2.24, 2.45) is 5.92 Å². The van der Waals surface area contributed by atoms with Gasteiger partial charge in [0.1, 0.15) is 17.3 Å². The highest BCUT2D eigenvalue weighted by Crippen LogP contribution is 2.41. The van der Waals surface area contributed by atoms with Crippen LogP contribution in [0, 0.1) is 11.7 Å². The van der Waals surface area contributed by atoms with Gasteiger partial charge < -0.3 is 19.2 Å². The van der Waals surface area contributed by atoms with E-state index in [0.29, 0.717) is 6.54 Å². The molecule has 2 aromatic carbocycles. The largest absolute Gasteiger partial charge is 0.496 e. The molecule has 4 rings (SSSR count). The second-order valence-corrected chi connectivity index (χ2v) is 7.78. The van der Waals surface area contributed by atoms with Crippen molar-refractivity contribution in [2.45, 2.75) is 31.3 Å². The zero-order chi connectivity index (χ0) is 21.8. The average molecular weight is 423 g/mol. The molecule has 5 nitrogen and oxygen atoms in total. The van der Waals surface area contributed by atoms with E-state index in [-0.39, 0.29) is 29.7 Å². The quantitative estimate of drug-likeness (QED) is 0.547. The summed E-state index contributed by atoms with van der Waals surface area (Å²) in [6, 6.07) is 16.2. The molecule has 0 aliphatic heterocycles. The molecule has 1 aromatic heterocycles. The van der Waals surface area contributed by atoms with Crippen molar-refractivity contribution in [3.8, 4) is 17.1 Å². The number of furan rings is 1.